The van der Waals surface area contributed by atoms with Gasteiger partial charge in [0, 0.05) is 12.1 Å². The first-order valence-electron chi connectivity index (χ1n) is 7.70. The van der Waals surface area contributed by atoms with Crippen LogP contribution in [0.5, 0.6) is 11.5 Å². The number of aromatic hydroxyl groups is 1. The van der Waals surface area contributed by atoms with E-state index in [-0.39, 0.29) is 0 Å². The molecular formula is C17H29NO2. The first-order valence-corrected chi connectivity index (χ1v) is 7.70. The van der Waals surface area contributed by atoms with Gasteiger partial charge in [0.2, 0.25) is 0 Å². The molecule has 0 saturated carbocycles. The van der Waals surface area contributed by atoms with Crippen LogP contribution >= 0.6 is 0 Å². The molecule has 1 aromatic carbocycles. The number of unbranched alkanes of at least 4 members (excludes halogenated alkanes) is 3. The first-order chi connectivity index (χ1) is 9.63. The fraction of sp³-hybridized carbons (Fsp3) is 0.647. The third-order valence-corrected chi connectivity index (χ3v) is 3.49. The quantitative estimate of drug-likeness (QED) is 0.634. The van der Waals surface area contributed by atoms with E-state index in [9.17, 15) is 5.11 Å². The molecule has 0 atom stereocenters. The van der Waals surface area contributed by atoms with Gasteiger partial charge in [-0.15, -0.1) is 0 Å². The molecular weight excluding hydrogens is 250 g/mol. The molecule has 3 heteroatoms. The number of hydrogen-bond donors (Lipinski definition) is 2. The van der Waals surface area contributed by atoms with Crippen LogP contribution < -0.4 is 10.1 Å². The standard InChI is InChI=1S/C17H29NO2/c1-14(2)8-6-4-5-7-11-18-13-15-12-16(20-3)9-10-17(15)19/h9-10,12,14,18-19H,4-8,11,13H2,1-3H3. The lowest BCUT2D eigenvalue weighted by molar-refractivity contribution is 0.410. The summed E-state index contributed by atoms with van der Waals surface area (Å²) in [6.07, 6.45) is 6.48. The Morgan fingerprint density at radius 3 is 2.60 bits per heavy atom. The maximum atomic E-state index is 9.76. The molecule has 114 valence electrons. The van der Waals surface area contributed by atoms with Crippen molar-refractivity contribution in [2.24, 2.45) is 5.92 Å². The summed E-state index contributed by atoms with van der Waals surface area (Å²) in [4.78, 5) is 0. The number of hydrogen-bond acceptors (Lipinski definition) is 3. The smallest absolute Gasteiger partial charge is 0.120 e. The zero-order valence-corrected chi connectivity index (χ0v) is 13.1. The number of benzene rings is 1. The summed E-state index contributed by atoms with van der Waals surface area (Å²) in [6.45, 7) is 6.25. The predicted octanol–water partition coefficient (Wildman–Crippen LogP) is 4.10. The molecule has 0 heterocycles. The third-order valence-electron chi connectivity index (χ3n) is 3.49. The van der Waals surface area contributed by atoms with Crippen LogP contribution in [0.1, 0.15) is 51.5 Å². The summed E-state index contributed by atoms with van der Waals surface area (Å²) >= 11 is 0. The second kappa shape index (κ2) is 9.65. The van der Waals surface area contributed by atoms with Crippen molar-refractivity contribution in [3.05, 3.63) is 23.8 Å². The third kappa shape index (κ3) is 6.80. The van der Waals surface area contributed by atoms with Crippen molar-refractivity contribution in [3.63, 3.8) is 0 Å². The van der Waals surface area contributed by atoms with E-state index in [0.29, 0.717) is 12.3 Å². The topological polar surface area (TPSA) is 41.5 Å². The van der Waals surface area contributed by atoms with Gasteiger partial charge in [-0.3, -0.25) is 0 Å². The van der Waals surface area contributed by atoms with Gasteiger partial charge in [0.05, 0.1) is 7.11 Å². The van der Waals surface area contributed by atoms with Crippen LogP contribution in [0.25, 0.3) is 0 Å². The molecule has 0 aliphatic rings. The highest BCUT2D eigenvalue weighted by Gasteiger charge is 2.02. The lowest BCUT2D eigenvalue weighted by atomic mass is 10.0. The SMILES string of the molecule is COc1ccc(O)c(CNCCCCCCC(C)C)c1. The molecule has 20 heavy (non-hydrogen) atoms. The molecule has 0 aliphatic carbocycles. The van der Waals surface area contributed by atoms with E-state index in [1.807, 2.05) is 6.07 Å². The maximum Gasteiger partial charge on any atom is 0.120 e. The van der Waals surface area contributed by atoms with Gasteiger partial charge >= 0.3 is 0 Å². The predicted molar refractivity (Wildman–Crippen MR) is 84.3 cm³/mol. The molecule has 0 bridgehead atoms. The second-order valence-corrected chi connectivity index (χ2v) is 5.77. The van der Waals surface area contributed by atoms with Gasteiger partial charge in [-0.1, -0.05) is 39.5 Å². The van der Waals surface area contributed by atoms with Crippen LogP contribution in [0.15, 0.2) is 18.2 Å². The van der Waals surface area contributed by atoms with Crippen molar-refractivity contribution in [2.45, 2.75) is 52.5 Å². The molecule has 0 spiro atoms. The Hall–Kier alpha value is -1.22. The van der Waals surface area contributed by atoms with Crippen molar-refractivity contribution in [1.82, 2.24) is 5.32 Å². The summed E-state index contributed by atoms with van der Waals surface area (Å²) in [5.41, 5.74) is 0.893. The van der Waals surface area contributed by atoms with Crippen molar-refractivity contribution in [2.75, 3.05) is 13.7 Å². The van der Waals surface area contributed by atoms with E-state index in [2.05, 4.69) is 19.2 Å². The van der Waals surface area contributed by atoms with Crippen LogP contribution in [0, 0.1) is 5.92 Å². The zero-order chi connectivity index (χ0) is 14.8. The zero-order valence-electron chi connectivity index (χ0n) is 13.1. The normalized spacial score (nSPS) is 11.0. The van der Waals surface area contributed by atoms with E-state index < -0.39 is 0 Å². The Morgan fingerprint density at radius 1 is 1.15 bits per heavy atom. The molecule has 0 amide bonds. The van der Waals surface area contributed by atoms with E-state index >= 15 is 0 Å². The van der Waals surface area contributed by atoms with Crippen LogP contribution in [0.3, 0.4) is 0 Å². The highest BCUT2D eigenvalue weighted by atomic mass is 16.5. The minimum atomic E-state index is 0.329. The van der Waals surface area contributed by atoms with E-state index in [1.54, 1.807) is 19.2 Å². The van der Waals surface area contributed by atoms with Gasteiger partial charge in [-0.25, -0.2) is 0 Å². The fourth-order valence-electron chi connectivity index (χ4n) is 2.21. The number of phenolic OH excluding ortho intramolecular Hbond substituents is 1. The highest BCUT2D eigenvalue weighted by molar-refractivity contribution is 5.39. The summed E-state index contributed by atoms with van der Waals surface area (Å²) in [5.74, 6) is 1.94. The van der Waals surface area contributed by atoms with Gasteiger partial charge in [0.15, 0.2) is 0 Å². The summed E-state index contributed by atoms with van der Waals surface area (Å²) in [5, 5.41) is 13.1. The minimum Gasteiger partial charge on any atom is -0.508 e. The average Bonchev–Trinajstić information content (AvgIpc) is 2.43. The molecule has 0 radical (unpaired) electrons. The molecule has 3 nitrogen and oxygen atoms in total. The summed E-state index contributed by atoms with van der Waals surface area (Å²) in [7, 11) is 1.64. The minimum absolute atomic E-state index is 0.329. The molecule has 0 fully saturated rings. The Bertz CT molecular complexity index is 377. The molecule has 0 unspecified atom stereocenters. The Morgan fingerprint density at radius 2 is 1.90 bits per heavy atom. The number of ether oxygens (including phenoxy) is 1. The van der Waals surface area contributed by atoms with E-state index in [1.165, 1.54) is 32.1 Å². The van der Waals surface area contributed by atoms with Gasteiger partial charge < -0.3 is 15.2 Å². The number of nitrogens with one attached hydrogen (secondary N) is 1. The van der Waals surface area contributed by atoms with Gasteiger partial charge in [0.25, 0.3) is 0 Å². The summed E-state index contributed by atoms with van der Waals surface area (Å²) in [6, 6.07) is 5.33. The van der Waals surface area contributed by atoms with E-state index in [4.69, 9.17) is 4.74 Å². The van der Waals surface area contributed by atoms with E-state index in [0.717, 1.165) is 23.8 Å². The van der Waals surface area contributed by atoms with Crippen molar-refractivity contribution >= 4 is 0 Å². The lowest BCUT2D eigenvalue weighted by Gasteiger charge is -2.09. The molecule has 0 saturated heterocycles. The molecule has 2 N–H and O–H groups in total. The average molecular weight is 279 g/mol. The van der Waals surface area contributed by atoms with Crippen LogP contribution in [0.2, 0.25) is 0 Å². The Balaban J connectivity index is 2.12. The molecule has 0 aliphatic heterocycles. The molecule has 1 rings (SSSR count). The van der Waals surface area contributed by atoms with Gasteiger partial charge in [-0.05, 0) is 37.1 Å². The van der Waals surface area contributed by atoms with Crippen LogP contribution in [0.4, 0.5) is 0 Å². The second-order valence-electron chi connectivity index (χ2n) is 5.77. The molecule has 1 aromatic rings. The van der Waals surface area contributed by atoms with Crippen molar-refractivity contribution in [3.8, 4) is 11.5 Å². The van der Waals surface area contributed by atoms with Gasteiger partial charge in [0.1, 0.15) is 11.5 Å². The number of phenols is 1. The van der Waals surface area contributed by atoms with Crippen LogP contribution in [-0.4, -0.2) is 18.8 Å². The van der Waals surface area contributed by atoms with Crippen molar-refractivity contribution in [1.29, 1.82) is 0 Å². The van der Waals surface area contributed by atoms with Crippen molar-refractivity contribution < 1.29 is 9.84 Å². The maximum absolute atomic E-state index is 9.76. The Labute approximate surface area is 123 Å². The Kier molecular flexibility index (Phi) is 8.12. The summed E-state index contributed by atoms with van der Waals surface area (Å²) < 4.78 is 5.16. The fourth-order valence-corrected chi connectivity index (χ4v) is 2.21. The van der Waals surface area contributed by atoms with Gasteiger partial charge in [-0.2, -0.15) is 0 Å². The first kappa shape index (κ1) is 16.8. The molecule has 0 aromatic heterocycles. The number of rotatable bonds is 10. The number of methoxy groups -OCH3 is 1. The highest BCUT2D eigenvalue weighted by Crippen LogP contribution is 2.22. The van der Waals surface area contributed by atoms with Crippen LogP contribution in [-0.2, 0) is 6.54 Å². The largest absolute Gasteiger partial charge is 0.508 e. The monoisotopic (exact) mass is 279 g/mol. The lowest BCUT2D eigenvalue weighted by Crippen LogP contribution is -2.14.